The Morgan fingerprint density at radius 1 is 1.26 bits per heavy atom. The van der Waals surface area contributed by atoms with Crippen LogP contribution in [0.4, 0.5) is 0 Å². The zero-order valence-electron chi connectivity index (χ0n) is 19.7. The van der Waals surface area contributed by atoms with E-state index in [-0.39, 0.29) is 37.1 Å². The van der Waals surface area contributed by atoms with E-state index in [0.29, 0.717) is 22.0 Å². The summed E-state index contributed by atoms with van der Waals surface area (Å²) < 4.78 is 5.36. The Balaban J connectivity index is 1.83. The summed E-state index contributed by atoms with van der Waals surface area (Å²) in [6, 6.07) is 7.05. The molecule has 0 bridgehead atoms. The first kappa shape index (κ1) is 25.7. The Morgan fingerprint density at radius 2 is 1.94 bits per heavy atom. The van der Waals surface area contributed by atoms with Gasteiger partial charge < -0.3 is 25.2 Å². The van der Waals surface area contributed by atoms with Gasteiger partial charge in [-0.2, -0.15) is 0 Å². The van der Waals surface area contributed by atoms with Gasteiger partial charge in [-0.3, -0.25) is 14.4 Å². The van der Waals surface area contributed by atoms with Crippen LogP contribution < -0.4 is 10.6 Å². The fourth-order valence-electron chi connectivity index (χ4n) is 4.25. The molecule has 1 aliphatic rings. The number of rotatable bonds is 8. The molecule has 1 aromatic carbocycles. The summed E-state index contributed by atoms with van der Waals surface area (Å²) in [6.45, 7) is 5.59. The monoisotopic (exact) mass is 490 g/mol. The fourth-order valence-corrected chi connectivity index (χ4v) is 4.38. The molecule has 10 heteroatoms. The molecule has 1 aliphatic heterocycles. The van der Waals surface area contributed by atoms with E-state index in [1.165, 1.54) is 11.9 Å². The normalized spacial score (nSPS) is 19.7. The molecule has 2 aromatic rings. The van der Waals surface area contributed by atoms with Crippen LogP contribution in [0, 0.1) is 12.8 Å². The van der Waals surface area contributed by atoms with Crippen molar-refractivity contribution in [1.29, 1.82) is 0 Å². The number of nitrogens with zero attached hydrogens (tertiary/aromatic N) is 2. The number of aryl methyl sites for hydroxylation is 1. The van der Waals surface area contributed by atoms with Crippen LogP contribution in [0.15, 0.2) is 34.9 Å². The first-order valence-electron chi connectivity index (χ1n) is 11.3. The molecule has 1 saturated heterocycles. The van der Waals surface area contributed by atoms with E-state index in [4.69, 9.17) is 16.1 Å². The lowest BCUT2D eigenvalue weighted by molar-refractivity contribution is -0.141. The van der Waals surface area contributed by atoms with Crippen LogP contribution in [0.3, 0.4) is 0 Å². The third-order valence-electron chi connectivity index (χ3n) is 6.01. The molecule has 2 heterocycles. The number of carbonyl (C=O) groups is 3. The summed E-state index contributed by atoms with van der Waals surface area (Å²) in [7, 11) is 1.52. The average molecular weight is 491 g/mol. The van der Waals surface area contributed by atoms with Crippen molar-refractivity contribution in [2.45, 2.75) is 57.7 Å². The molecule has 0 aliphatic carbocycles. The predicted molar refractivity (Wildman–Crippen MR) is 126 cm³/mol. The van der Waals surface area contributed by atoms with E-state index in [1.54, 1.807) is 37.3 Å². The second kappa shape index (κ2) is 11.0. The van der Waals surface area contributed by atoms with Crippen LogP contribution in [0.25, 0.3) is 0 Å². The number of hydrogen-bond donors (Lipinski definition) is 3. The van der Waals surface area contributed by atoms with Crippen molar-refractivity contribution in [2.24, 2.45) is 5.92 Å². The summed E-state index contributed by atoms with van der Waals surface area (Å²) in [5, 5.41) is 20.2. The molecule has 1 aromatic heterocycles. The number of nitrogens with one attached hydrogen (secondary N) is 2. The average Bonchev–Trinajstić information content (AvgIpc) is 3.39. The first-order valence-corrected chi connectivity index (χ1v) is 11.7. The second-order valence-electron chi connectivity index (χ2n) is 8.98. The van der Waals surface area contributed by atoms with Gasteiger partial charge in [0.25, 0.3) is 0 Å². The highest BCUT2D eigenvalue weighted by molar-refractivity contribution is 6.30. The number of benzene rings is 1. The van der Waals surface area contributed by atoms with Crippen molar-refractivity contribution < 1.29 is 24.0 Å². The number of hydrogen-bond acceptors (Lipinski definition) is 6. The lowest BCUT2D eigenvalue weighted by atomic mass is 9.91. The van der Waals surface area contributed by atoms with E-state index < -0.39 is 30.0 Å². The van der Waals surface area contributed by atoms with Crippen molar-refractivity contribution in [2.75, 3.05) is 13.6 Å². The zero-order valence-corrected chi connectivity index (χ0v) is 20.5. The van der Waals surface area contributed by atoms with Crippen LogP contribution in [0.2, 0.25) is 5.02 Å². The summed E-state index contributed by atoms with van der Waals surface area (Å²) in [5.74, 6) is -1.32. The van der Waals surface area contributed by atoms with Gasteiger partial charge in [0.2, 0.25) is 17.7 Å². The van der Waals surface area contributed by atoms with Crippen LogP contribution in [-0.2, 0) is 14.4 Å². The van der Waals surface area contributed by atoms with Crippen molar-refractivity contribution >= 4 is 29.3 Å². The van der Waals surface area contributed by atoms with Crippen LogP contribution in [0.1, 0.15) is 55.7 Å². The van der Waals surface area contributed by atoms with Crippen molar-refractivity contribution in [1.82, 2.24) is 20.7 Å². The van der Waals surface area contributed by atoms with Gasteiger partial charge in [-0.15, -0.1) is 0 Å². The molecule has 34 heavy (non-hydrogen) atoms. The molecule has 9 nitrogen and oxygen atoms in total. The highest BCUT2D eigenvalue weighted by atomic mass is 35.5. The number of amides is 3. The Kier molecular flexibility index (Phi) is 8.33. The molecule has 1 fully saturated rings. The number of aliphatic hydroxyl groups is 1. The standard InChI is InChI=1S/C24H31ClN4O5/c1-13(2)22(20-9-14(3)28-34-20)24(33)29-12-17(30)10-19(29)23(32)27-18(11-21(31)26-4)15-5-7-16(25)8-6-15/h5-9,13,17-19,22,30H,10-12H2,1-4H3,(H,26,31)(H,27,32)/t17-,18+,19+,22-/m1/s1. The van der Waals surface area contributed by atoms with Crippen LogP contribution >= 0.6 is 11.6 Å². The number of β-amino-alcohol motifs (C(OH)–C–C–N with tert-alkyl or cyclic N) is 1. The summed E-state index contributed by atoms with van der Waals surface area (Å²) in [5.41, 5.74) is 1.36. The minimum Gasteiger partial charge on any atom is -0.391 e. The van der Waals surface area contributed by atoms with Gasteiger partial charge in [-0.1, -0.05) is 42.7 Å². The zero-order chi connectivity index (χ0) is 25.0. The lowest BCUT2D eigenvalue weighted by Crippen LogP contribution is -2.49. The van der Waals surface area contributed by atoms with Crippen molar-refractivity contribution in [3.8, 4) is 0 Å². The summed E-state index contributed by atoms with van der Waals surface area (Å²) in [4.78, 5) is 40.4. The fraction of sp³-hybridized carbons (Fsp3) is 0.500. The molecule has 0 radical (unpaired) electrons. The third-order valence-corrected chi connectivity index (χ3v) is 6.26. The quantitative estimate of drug-likeness (QED) is 0.521. The van der Waals surface area contributed by atoms with E-state index in [9.17, 15) is 19.5 Å². The topological polar surface area (TPSA) is 125 Å². The molecule has 3 N–H and O–H groups in total. The minimum atomic E-state index is -0.882. The smallest absolute Gasteiger partial charge is 0.243 e. The Bertz CT molecular complexity index is 1020. The van der Waals surface area contributed by atoms with Gasteiger partial charge >= 0.3 is 0 Å². The maximum atomic E-state index is 13.5. The largest absolute Gasteiger partial charge is 0.391 e. The summed E-state index contributed by atoms with van der Waals surface area (Å²) in [6.07, 6.45) is -0.721. The lowest BCUT2D eigenvalue weighted by Gasteiger charge is -2.30. The number of aliphatic hydroxyl groups excluding tert-OH is 1. The van der Waals surface area contributed by atoms with Gasteiger partial charge in [0.1, 0.15) is 17.7 Å². The van der Waals surface area contributed by atoms with Gasteiger partial charge in [-0.25, -0.2) is 0 Å². The molecule has 184 valence electrons. The van der Waals surface area contributed by atoms with Gasteiger partial charge in [0, 0.05) is 31.1 Å². The van der Waals surface area contributed by atoms with Crippen LogP contribution in [0.5, 0.6) is 0 Å². The Morgan fingerprint density at radius 3 is 2.50 bits per heavy atom. The molecule has 0 saturated carbocycles. The summed E-state index contributed by atoms with van der Waals surface area (Å²) >= 11 is 5.99. The number of carbonyl (C=O) groups excluding carboxylic acids is 3. The molecular formula is C24H31ClN4O5. The molecule has 3 rings (SSSR count). The van der Waals surface area contributed by atoms with Gasteiger partial charge in [0.15, 0.2) is 0 Å². The predicted octanol–water partition coefficient (Wildman–Crippen LogP) is 2.33. The highest BCUT2D eigenvalue weighted by Crippen LogP contribution is 2.31. The first-order chi connectivity index (χ1) is 16.1. The molecule has 4 atom stereocenters. The van der Waals surface area contributed by atoms with Gasteiger partial charge in [-0.05, 0) is 30.5 Å². The number of likely N-dealkylation sites (tertiary alicyclic amines) is 1. The molecule has 0 unspecified atom stereocenters. The second-order valence-corrected chi connectivity index (χ2v) is 9.41. The number of halogens is 1. The third kappa shape index (κ3) is 5.95. The van der Waals surface area contributed by atoms with Gasteiger partial charge in [0.05, 0.1) is 24.3 Å². The van der Waals surface area contributed by atoms with Crippen molar-refractivity contribution in [3.63, 3.8) is 0 Å². The maximum Gasteiger partial charge on any atom is 0.243 e. The van der Waals surface area contributed by atoms with Crippen molar-refractivity contribution in [3.05, 3.63) is 52.4 Å². The molecule has 0 spiro atoms. The number of aromatic nitrogens is 1. The maximum absolute atomic E-state index is 13.5. The minimum absolute atomic E-state index is 0.0129. The Labute approximate surface area is 203 Å². The van der Waals surface area contributed by atoms with E-state index >= 15 is 0 Å². The molecular weight excluding hydrogens is 460 g/mol. The van der Waals surface area contributed by atoms with Crippen LogP contribution in [-0.4, -0.2) is 58.6 Å². The van der Waals surface area contributed by atoms with E-state index in [1.807, 2.05) is 13.8 Å². The van der Waals surface area contributed by atoms with E-state index in [2.05, 4.69) is 15.8 Å². The highest BCUT2D eigenvalue weighted by Gasteiger charge is 2.43. The SMILES string of the molecule is CNC(=O)C[C@H](NC(=O)[C@@H]1C[C@@H](O)CN1C(=O)[C@@H](c1cc(C)no1)C(C)C)c1ccc(Cl)cc1. The molecule has 3 amide bonds. The Hall–Kier alpha value is -2.91. The van der Waals surface area contributed by atoms with E-state index in [0.717, 1.165) is 0 Å².